The predicted octanol–water partition coefficient (Wildman–Crippen LogP) is 5.11. The third-order valence-electron chi connectivity index (χ3n) is 7.51. The van der Waals surface area contributed by atoms with Crippen LogP contribution < -0.4 is 10.3 Å². The van der Waals surface area contributed by atoms with Crippen molar-refractivity contribution in [3.05, 3.63) is 120 Å². The summed E-state index contributed by atoms with van der Waals surface area (Å²) in [7, 11) is 0. The molecule has 4 aromatic rings. The van der Waals surface area contributed by atoms with E-state index in [2.05, 4.69) is 5.43 Å². The van der Waals surface area contributed by atoms with E-state index in [0.29, 0.717) is 5.06 Å². The maximum atomic E-state index is 13.8. The minimum absolute atomic E-state index is 0.142. The van der Waals surface area contributed by atoms with Crippen molar-refractivity contribution in [2.75, 3.05) is 11.4 Å². The molecule has 2 atom stereocenters. The molecule has 45 heavy (non-hydrogen) atoms. The van der Waals surface area contributed by atoms with Gasteiger partial charge in [-0.25, -0.2) is 10.2 Å². The van der Waals surface area contributed by atoms with E-state index in [1.165, 1.54) is 28.9 Å². The molecule has 0 aliphatic carbocycles. The summed E-state index contributed by atoms with van der Waals surface area (Å²) in [6, 6.07) is 30.7. The summed E-state index contributed by atoms with van der Waals surface area (Å²) in [4.78, 5) is 74.5. The van der Waals surface area contributed by atoms with Crippen LogP contribution >= 0.6 is 23.5 Å². The molecule has 4 amide bonds. The fraction of sp³-hybridized carbons (Fsp3) is 0.121. The van der Waals surface area contributed by atoms with Crippen molar-refractivity contribution in [1.82, 2.24) is 15.5 Å². The minimum Gasteiger partial charge on any atom is -0.330 e. The molecule has 7 rings (SSSR count). The molecule has 3 aliphatic heterocycles. The Morgan fingerprint density at radius 2 is 1.29 bits per heavy atom. The summed E-state index contributed by atoms with van der Waals surface area (Å²) in [5.41, 5.74) is 5.61. The zero-order valence-electron chi connectivity index (χ0n) is 23.5. The SMILES string of the molecule is O=C(CC1SC(c2ccccc2)N(NCC(=O)N2c3ccccc3Sc3ccccc32)C1=O)ON1C(=O)c2ccccc2C1=O. The number of nitrogens with one attached hydrogen (secondary N) is 1. The summed E-state index contributed by atoms with van der Waals surface area (Å²) in [5.74, 6) is -3.08. The first-order valence-electron chi connectivity index (χ1n) is 14.0. The Kier molecular flexibility index (Phi) is 7.61. The Morgan fingerprint density at radius 1 is 0.733 bits per heavy atom. The fourth-order valence-electron chi connectivity index (χ4n) is 5.43. The maximum Gasteiger partial charge on any atom is 0.334 e. The average Bonchev–Trinajstić information content (AvgIpc) is 3.50. The molecular formula is C33H24N4O6S2. The number of anilines is 2. The van der Waals surface area contributed by atoms with E-state index >= 15 is 0 Å². The van der Waals surface area contributed by atoms with Gasteiger partial charge in [-0.05, 0) is 42.0 Å². The van der Waals surface area contributed by atoms with Crippen molar-refractivity contribution in [2.45, 2.75) is 26.8 Å². The molecule has 0 saturated carbocycles. The topological polar surface area (TPSA) is 116 Å². The lowest BCUT2D eigenvalue weighted by molar-refractivity contribution is -0.169. The van der Waals surface area contributed by atoms with Gasteiger partial charge in [-0.3, -0.25) is 29.1 Å². The third-order valence-corrected chi connectivity index (χ3v) is 10.1. The number of hydroxylamine groups is 2. The Hall–Kier alpha value is -4.91. The summed E-state index contributed by atoms with van der Waals surface area (Å²) < 4.78 is 0. The smallest absolute Gasteiger partial charge is 0.330 e. The van der Waals surface area contributed by atoms with E-state index < -0.39 is 40.7 Å². The number of para-hydroxylation sites is 2. The van der Waals surface area contributed by atoms with Gasteiger partial charge in [-0.15, -0.1) is 11.8 Å². The van der Waals surface area contributed by atoms with Crippen LogP contribution in [0.2, 0.25) is 0 Å². The van der Waals surface area contributed by atoms with Crippen LogP contribution in [0.25, 0.3) is 0 Å². The largest absolute Gasteiger partial charge is 0.334 e. The number of fused-ring (bicyclic) bond motifs is 3. The van der Waals surface area contributed by atoms with Crippen LogP contribution in [0.3, 0.4) is 0 Å². The molecular weight excluding hydrogens is 613 g/mol. The van der Waals surface area contributed by atoms with Crippen molar-refractivity contribution < 1.29 is 28.8 Å². The minimum atomic E-state index is -0.904. The molecule has 0 spiro atoms. The normalized spacial score (nSPS) is 18.5. The van der Waals surface area contributed by atoms with Gasteiger partial charge in [0.05, 0.1) is 40.7 Å². The van der Waals surface area contributed by atoms with Gasteiger partial charge in [0.15, 0.2) is 0 Å². The van der Waals surface area contributed by atoms with Gasteiger partial charge < -0.3 is 4.84 Å². The molecule has 224 valence electrons. The molecule has 3 aliphatic rings. The lowest BCUT2D eigenvalue weighted by Crippen LogP contribution is -2.47. The number of thioether (sulfide) groups is 1. The van der Waals surface area contributed by atoms with Crippen LogP contribution in [-0.2, 0) is 19.2 Å². The van der Waals surface area contributed by atoms with Crippen LogP contribution in [0.5, 0.6) is 0 Å². The van der Waals surface area contributed by atoms with Gasteiger partial charge in [0.25, 0.3) is 17.7 Å². The van der Waals surface area contributed by atoms with Crippen LogP contribution in [0, 0.1) is 0 Å². The quantitative estimate of drug-likeness (QED) is 0.277. The van der Waals surface area contributed by atoms with Crippen LogP contribution in [0.15, 0.2) is 113 Å². The second kappa shape index (κ2) is 11.9. The number of nitrogens with zero attached hydrogens (tertiary/aromatic N) is 3. The molecule has 3 heterocycles. The number of carbonyl (C=O) groups is 5. The lowest BCUT2D eigenvalue weighted by Gasteiger charge is -2.32. The molecule has 0 radical (unpaired) electrons. The number of hydrogen-bond donors (Lipinski definition) is 1. The molecule has 1 fully saturated rings. The van der Waals surface area contributed by atoms with Crippen LogP contribution in [-0.4, -0.2) is 51.5 Å². The molecule has 10 nitrogen and oxygen atoms in total. The van der Waals surface area contributed by atoms with Gasteiger partial charge in [0.2, 0.25) is 5.91 Å². The standard InChI is InChI=1S/C33H24N4O6S2/c38-28(35-23-14-6-8-16-25(23)44-26-17-9-7-15-24(26)35)19-34-36-32(42)27(45-33(36)20-10-2-1-3-11-20)18-29(39)43-37-30(40)21-12-4-5-13-22(21)31(37)41/h1-17,27,33-34H,18-19H2. The molecule has 1 saturated heterocycles. The number of carbonyl (C=O) groups excluding carboxylic acids is 5. The van der Waals surface area contributed by atoms with Crippen molar-refractivity contribution in [3.8, 4) is 0 Å². The summed E-state index contributed by atoms with van der Waals surface area (Å²) in [6.45, 7) is -0.199. The Balaban J connectivity index is 1.08. The van der Waals surface area contributed by atoms with Crippen molar-refractivity contribution in [2.24, 2.45) is 0 Å². The summed E-state index contributed by atoms with van der Waals surface area (Å²) in [5, 5.41) is 0.356. The molecule has 1 N–H and O–H groups in total. The van der Waals surface area contributed by atoms with E-state index in [1.807, 2.05) is 78.9 Å². The predicted molar refractivity (Wildman–Crippen MR) is 167 cm³/mol. The molecule has 12 heteroatoms. The van der Waals surface area contributed by atoms with Gasteiger partial charge in [0.1, 0.15) is 5.37 Å². The number of rotatable bonds is 7. The molecule has 2 unspecified atom stereocenters. The van der Waals surface area contributed by atoms with E-state index in [4.69, 9.17) is 4.84 Å². The molecule has 0 bridgehead atoms. The zero-order valence-corrected chi connectivity index (χ0v) is 25.1. The van der Waals surface area contributed by atoms with Gasteiger partial charge in [0, 0.05) is 9.79 Å². The highest BCUT2D eigenvalue weighted by molar-refractivity contribution is 8.01. The maximum absolute atomic E-state index is 13.8. The van der Waals surface area contributed by atoms with E-state index in [0.717, 1.165) is 26.7 Å². The first-order chi connectivity index (χ1) is 21.9. The average molecular weight is 637 g/mol. The number of hydrazine groups is 1. The molecule has 0 aromatic heterocycles. The van der Waals surface area contributed by atoms with Crippen LogP contribution in [0.1, 0.15) is 38.1 Å². The second-order valence-electron chi connectivity index (χ2n) is 10.3. The second-order valence-corrected chi connectivity index (χ2v) is 12.7. The Labute approximate surface area is 266 Å². The number of hydrogen-bond acceptors (Lipinski definition) is 9. The number of amides is 4. The monoisotopic (exact) mass is 636 g/mol. The highest BCUT2D eigenvalue weighted by Crippen LogP contribution is 2.48. The summed E-state index contributed by atoms with van der Waals surface area (Å²) in [6.07, 6.45) is -0.392. The first-order valence-corrected chi connectivity index (χ1v) is 15.8. The number of imide groups is 1. The van der Waals surface area contributed by atoms with Gasteiger partial charge in [-0.1, -0.05) is 83.6 Å². The van der Waals surface area contributed by atoms with Gasteiger partial charge in [-0.2, -0.15) is 0 Å². The van der Waals surface area contributed by atoms with Crippen molar-refractivity contribution >= 4 is 64.5 Å². The zero-order chi connectivity index (χ0) is 31.1. The summed E-state index contributed by atoms with van der Waals surface area (Å²) >= 11 is 2.80. The highest BCUT2D eigenvalue weighted by Gasteiger charge is 2.45. The Morgan fingerprint density at radius 3 is 1.91 bits per heavy atom. The fourth-order valence-corrected chi connectivity index (χ4v) is 7.88. The van der Waals surface area contributed by atoms with Crippen molar-refractivity contribution in [1.29, 1.82) is 0 Å². The highest BCUT2D eigenvalue weighted by atomic mass is 32.2. The van der Waals surface area contributed by atoms with Gasteiger partial charge >= 0.3 is 5.97 Å². The first kappa shape index (κ1) is 28.8. The lowest BCUT2D eigenvalue weighted by atomic mass is 10.1. The third kappa shape index (κ3) is 5.26. The van der Waals surface area contributed by atoms with E-state index in [-0.39, 0.29) is 23.6 Å². The van der Waals surface area contributed by atoms with E-state index in [9.17, 15) is 24.0 Å². The van der Waals surface area contributed by atoms with Crippen molar-refractivity contribution in [3.63, 3.8) is 0 Å². The Bertz CT molecular complexity index is 1790. The van der Waals surface area contributed by atoms with E-state index in [1.54, 1.807) is 28.8 Å². The molecule has 4 aromatic carbocycles. The number of benzene rings is 4. The van der Waals surface area contributed by atoms with Crippen LogP contribution in [0.4, 0.5) is 11.4 Å².